The first-order chi connectivity index (χ1) is 7.50. The van der Waals surface area contributed by atoms with Crippen LogP contribution in [-0.2, 0) is 4.79 Å². The summed E-state index contributed by atoms with van der Waals surface area (Å²) in [5, 5.41) is 8.66. The van der Waals surface area contributed by atoms with Crippen molar-refractivity contribution in [1.82, 2.24) is 0 Å². The van der Waals surface area contributed by atoms with Crippen LogP contribution < -0.4 is 5.73 Å². The number of carboxylic acids is 1. The van der Waals surface area contributed by atoms with Crippen LogP contribution in [0.2, 0.25) is 0 Å². The van der Waals surface area contributed by atoms with E-state index in [-0.39, 0.29) is 0 Å². The van der Waals surface area contributed by atoms with Gasteiger partial charge >= 0.3 is 5.97 Å². The molecule has 0 saturated carbocycles. The van der Waals surface area contributed by atoms with Crippen LogP contribution in [0.3, 0.4) is 0 Å². The highest BCUT2D eigenvalue weighted by molar-refractivity contribution is 9.10. The maximum absolute atomic E-state index is 10.5. The van der Waals surface area contributed by atoms with E-state index in [0.29, 0.717) is 17.0 Å². The van der Waals surface area contributed by atoms with E-state index in [4.69, 9.17) is 10.8 Å². The number of anilines is 1. The van der Waals surface area contributed by atoms with Gasteiger partial charge in [0.05, 0.1) is 0 Å². The molecule has 0 atom stereocenters. The van der Waals surface area contributed by atoms with E-state index in [1.165, 1.54) is 11.8 Å². The van der Waals surface area contributed by atoms with Crippen LogP contribution in [0.4, 0.5) is 5.69 Å². The zero-order valence-corrected chi connectivity index (χ0v) is 11.1. The Balaban J connectivity index is 2.62. The number of hydrogen-bond donors (Lipinski definition) is 2. The molecule has 0 saturated heterocycles. The Bertz CT molecular complexity index is 432. The van der Waals surface area contributed by atoms with Gasteiger partial charge in [-0.1, -0.05) is 22.0 Å². The summed E-state index contributed by atoms with van der Waals surface area (Å²) in [7, 11) is 0. The highest BCUT2D eigenvalue weighted by atomic mass is 79.9. The monoisotopic (exact) mass is 301 g/mol. The predicted octanol–water partition coefficient (Wildman–Crippen LogP) is 3.15. The van der Waals surface area contributed by atoms with E-state index in [0.717, 1.165) is 9.37 Å². The molecule has 0 amide bonds. The molecule has 0 heterocycles. The Morgan fingerprint density at radius 3 is 2.88 bits per heavy atom. The average molecular weight is 302 g/mol. The topological polar surface area (TPSA) is 63.3 Å². The van der Waals surface area contributed by atoms with E-state index in [9.17, 15) is 4.79 Å². The van der Waals surface area contributed by atoms with Crippen molar-refractivity contribution in [3.05, 3.63) is 34.3 Å². The molecule has 0 fully saturated rings. The normalized spacial score (nSPS) is 11.5. The molecule has 0 aliphatic rings. The van der Waals surface area contributed by atoms with Crippen molar-refractivity contribution in [3.63, 3.8) is 0 Å². The molecule has 1 rings (SSSR count). The SMILES string of the molecule is CC(=CCSc1ccc(Br)cc1N)C(=O)O. The fraction of sp³-hybridized carbons (Fsp3) is 0.182. The van der Waals surface area contributed by atoms with Crippen molar-refractivity contribution in [2.24, 2.45) is 0 Å². The molecule has 0 unspecified atom stereocenters. The van der Waals surface area contributed by atoms with E-state index in [1.807, 2.05) is 18.2 Å². The second-order valence-electron chi connectivity index (χ2n) is 3.19. The van der Waals surface area contributed by atoms with Crippen molar-refractivity contribution in [2.75, 3.05) is 11.5 Å². The van der Waals surface area contributed by atoms with Crippen molar-refractivity contribution in [2.45, 2.75) is 11.8 Å². The summed E-state index contributed by atoms with van der Waals surface area (Å²) in [6.07, 6.45) is 1.68. The lowest BCUT2D eigenvalue weighted by atomic mass is 10.3. The molecule has 0 bridgehead atoms. The van der Waals surface area contributed by atoms with Gasteiger partial charge in [-0.25, -0.2) is 4.79 Å². The molecule has 0 radical (unpaired) electrons. The Labute approximate surface area is 107 Å². The lowest BCUT2D eigenvalue weighted by molar-refractivity contribution is -0.132. The van der Waals surface area contributed by atoms with Gasteiger partial charge in [-0.05, 0) is 25.1 Å². The number of carbonyl (C=O) groups is 1. The van der Waals surface area contributed by atoms with Crippen LogP contribution in [0.1, 0.15) is 6.92 Å². The minimum atomic E-state index is -0.885. The summed E-state index contributed by atoms with van der Waals surface area (Å²) in [6, 6.07) is 5.65. The number of thioether (sulfide) groups is 1. The van der Waals surface area contributed by atoms with Gasteiger partial charge in [-0.3, -0.25) is 0 Å². The minimum absolute atomic E-state index is 0.350. The van der Waals surface area contributed by atoms with Crippen LogP contribution in [-0.4, -0.2) is 16.8 Å². The molecule has 0 aliphatic carbocycles. The molecule has 3 nitrogen and oxygen atoms in total. The smallest absolute Gasteiger partial charge is 0.330 e. The molecular formula is C11H12BrNO2S. The van der Waals surface area contributed by atoms with Crippen LogP contribution in [0.5, 0.6) is 0 Å². The summed E-state index contributed by atoms with van der Waals surface area (Å²) in [6.45, 7) is 1.58. The quantitative estimate of drug-likeness (QED) is 0.509. The van der Waals surface area contributed by atoms with Crippen molar-refractivity contribution < 1.29 is 9.90 Å². The number of rotatable bonds is 4. The molecule has 0 aliphatic heterocycles. The summed E-state index contributed by atoms with van der Waals surface area (Å²) in [5.74, 6) is -0.284. The van der Waals surface area contributed by atoms with Crippen molar-refractivity contribution in [1.29, 1.82) is 0 Å². The molecule has 16 heavy (non-hydrogen) atoms. The average Bonchev–Trinajstić information content (AvgIpc) is 2.20. The third-order valence-electron chi connectivity index (χ3n) is 1.94. The van der Waals surface area contributed by atoms with Gasteiger partial charge in [-0.15, -0.1) is 11.8 Å². The van der Waals surface area contributed by atoms with E-state index < -0.39 is 5.97 Å². The second kappa shape index (κ2) is 5.96. The number of halogens is 1. The third kappa shape index (κ3) is 3.90. The first kappa shape index (κ1) is 13.1. The van der Waals surface area contributed by atoms with Crippen molar-refractivity contribution >= 4 is 39.3 Å². The van der Waals surface area contributed by atoms with Crippen LogP contribution in [0.15, 0.2) is 39.2 Å². The highest BCUT2D eigenvalue weighted by Crippen LogP contribution is 2.27. The minimum Gasteiger partial charge on any atom is -0.478 e. The predicted molar refractivity (Wildman–Crippen MR) is 70.7 cm³/mol. The van der Waals surface area contributed by atoms with Crippen molar-refractivity contribution in [3.8, 4) is 0 Å². The summed E-state index contributed by atoms with van der Waals surface area (Å²) in [5.41, 5.74) is 6.86. The number of nitrogens with two attached hydrogens (primary N) is 1. The molecule has 86 valence electrons. The molecule has 1 aromatic rings. The van der Waals surface area contributed by atoms with E-state index >= 15 is 0 Å². The van der Waals surface area contributed by atoms with Gasteiger partial charge in [-0.2, -0.15) is 0 Å². The first-order valence-corrected chi connectivity index (χ1v) is 6.36. The van der Waals surface area contributed by atoms with Crippen LogP contribution in [0.25, 0.3) is 0 Å². The lowest BCUT2D eigenvalue weighted by Crippen LogP contribution is -1.96. The number of benzene rings is 1. The summed E-state index contributed by atoms with van der Waals surface area (Å²) >= 11 is 4.84. The Hall–Kier alpha value is -0.940. The van der Waals surface area contributed by atoms with Gasteiger partial charge < -0.3 is 10.8 Å². The van der Waals surface area contributed by atoms with Crippen LogP contribution in [0, 0.1) is 0 Å². The summed E-state index contributed by atoms with van der Waals surface area (Å²) in [4.78, 5) is 11.5. The lowest BCUT2D eigenvalue weighted by Gasteiger charge is -2.03. The zero-order chi connectivity index (χ0) is 12.1. The third-order valence-corrected chi connectivity index (χ3v) is 3.45. The number of hydrogen-bond acceptors (Lipinski definition) is 3. The standard InChI is InChI=1S/C11H12BrNO2S/c1-7(11(14)15)4-5-16-10-3-2-8(12)6-9(10)13/h2-4,6H,5,13H2,1H3,(H,14,15). The van der Waals surface area contributed by atoms with Gasteiger partial charge in [0, 0.05) is 26.4 Å². The Morgan fingerprint density at radius 1 is 1.62 bits per heavy atom. The molecule has 0 aromatic heterocycles. The molecule has 3 N–H and O–H groups in total. The number of aliphatic carboxylic acids is 1. The fourth-order valence-corrected chi connectivity index (χ4v) is 2.28. The number of nitrogen functional groups attached to an aromatic ring is 1. The van der Waals surface area contributed by atoms with E-state index in [2.05, 4.69) is 15.9 Å². The van der Waals surface area contributed by atoms with Gasteiger partial charge in [0.25, 0.3) is 0 Å². The van der Waals surface area contributed by atoms with Crippen LogP contribution >= 0.6 is 27.7 Å². The van der Waals surface area contributed by atoms with Gasteiger partial charge in [0.15, 0.2) is 0 Å². The first-order valence-electron chi connectivity index (χ1n) is 4.58. The van der Waals surface area contributed by atoms with Gasteiger partial charge in [0.2, 0.25) is 0 Å². The Kier molecular flexibility index (Phi) is 4.89. The second-order valence-corrected chi connectivity index (χ2v) is 5.16. The number of carboxylic acid groups (broad SMARTS) is 1. The van der Waals surface area contributed by atoms with E-state index in [1.54, 1.807) is 13.0 Å². The molecule has 0 spiro atoms. The molecular weight excluding hydrogens is 290 g/mol. The fourth-order valence-electron chi connectivity index (χ4n) is 0.995. The maximum Gasteiger partial charge on any atom is 0.330 e. The summed E-state index contributed by atoms with van der Waals surface area (Å²) < 4.78 is 0.937. The molecule has 5 heteroatoms. The largest absolute Gasteiger partial charge is 0.478 e. The van der Waals surface area contributed by atoms with Gasteiger partial charge in [0.1, 0.15) is 0 Å². The maximum atomic E-state index is 10.5. The Morgan fingerprint density at radius 2 is 2.31 bits per heavy atom. The highest BCUT2D eigenvalue weighted by Gasteiger charge is 2.01. The molecule has 1 aromatic carbocycles. The zero-order valence-electron chi connectivity index (χ0n) is 8.74.